The molecule has 3 atom stereocenters. The summed E-state index contributed by atoms with van der Waals surface area (Å²) in [6.45, 7) is 7.14. The summed E-state index contributed by atoms with van der Waals surface area (Å²) in [6, 6.07) is 2.33. The highest BCUT2D eigenvalue weighted by atomic mass is 32.2. The molecule has 1 N–H and O–H groups in total. The summed E-state index contributed by atoms with van der Waals surface area (Å²) in [5.74, 6) is 2.75. The molecule has 2 saturated heterocycles. The van der Waals surface area contributed by atoms with Crippen LogP contribution in [0.4, 0.5) is 0 Å². The maximum atomic E-state index is 3.69. The van der Waals surface area contributed by atoms with Gasteiger partial charge >= 0.3 is 0 Å². The number of nitrogens with one attached hydrogen (secondary N) is 1. The molecule has 2 fully saturated rings. The predicted octanol–water partition coefficient (Wildman–Crippen LogP) is 2.34. The fourth-order valence-corrected chi connectivity index (χ4v) is 4.16. The van der Waals surface area contributed by atoms with Crippen LogP contribution in [0.5, 0.6) is 0 Å². The minimum absolute atomic E-state index is 0.733. The molecule has 3 heteroatoms. The van der Waals surface area contributed by atoms with Crippen molar-refractivity contribution in [1.82, 2.24) is 10.2 Å². The van der Waals surface area contributed by atoms with Gasteiger partial charge in [0.25, 0.3) is 0 Å². The highest BCUT2D eigenvalue weighted by Crippen LogP contribution is 2.25. The topological polar surface area (TPSA) is 15.3 Å². The average molecular weight is 242 g/mol. The second-order valence-electron chi connectivity index (χ2n) is 5.31. The Morgan fingerprint density at radius 3 is 3.00 bits per heavy atom. The molecule has 0 spiro atoms. The van der Waals surface area contributed by atoms with Gasteiger partial charge in [0.2, 0.25) is 0 Å². The predicted molar refractivity (Wildman–Crippen MR) is 73.2 cm³/mol. The van der Waals surface area contributed by atoms with Gasteiger partial charge in [-0.3, -0.25) is 4.90 Å². The van der Waals surface area contributed by atoms with Crippen LogP contribution in [-0.4, -0.2) is 47.6 Å². The Kier molecular flexibility index (Phi) is 4.98. The molecule has 0 radical (unpaired) electrons. The third-order valence-electron chi connectivity index (χ3n) is 3.94. The molecule has 2 nitrogen and oxygen atoms in total. The highest BCUT2D eigenvalue weighted by Gasteiger charge is 2.30. The van der Waals surface area contributed by atoms with Gasteiger partial charge < -0.3 is 5.32 Å². The van der Waals surface area contributed by atoms with Gasteiger partial charge in [-0.1, -0.05) is 13.3 Å². The van der Waals surface area contributed by atoms with E-state index in [1.165, 1.54) is 50.3 Å². The van der Waals surface area contributed by atoms with Gasteiger partial charge in [0.15, 0.2) is 0 Å². The number of piperazine rings is 1. The molecule has 2 heterocycles. The van der Waals surface area contributed by atoms with Crippen molar-refractivity contribution in [1.29, 1.82) is 0 Å². The summed E-state index contributed by atoms with van der Waals surface area (Å²) in [5.41, 5.74) is 0. The molecule has 2 rings (SSSR count). The van der Waals surface area contributed by atoms with E-state index in [1.807, 2.05) is 0 Å². The lowest BCUT2D eigenvalue weighted by Crippen LogP contribution is -2.59. The van der Waals surface area contributed by atoms with E-state index in [0.717, 1.165) is 18.1 Å². The van der Waals surface area contributed by atoms with Gasteiger partial charge in [-0.05, 0) is 31.9 Å². The Labute approximate surface area is 105 Å². The Hall–Kier alpha value is 0.270. The number of hydrogen-bond donors (Lipinski definition) is 1. The Bertz CT molecular complexity index is 204. The average Bonchev–Trinajstić information content (AvgIpc) is 2.33. The largest absolute Gasteiger partial charge is 0.311 e. The third kappa shape index (κ3) is 3.14. The summed E-state index contributed by atoms with van der Waals surface area (Å²) in [5, 5.41) is 3.69. The molecule has 0 aromatic carbocycles. The van der Waals surface area contributed by atoms with Gasteiger partial charge in [-0.2, -0.15) is 11.8 Å². The summed E-state index contributed by atoms with van der Waals surface area (Å²) >= 11 is 2.15. The van der Waals surface area contributed by atoms with Crippen LogP contribution in [0.3, 0.4) is 0 Å². The van der Waals surface area contributed by atoms with Crippen LogP contribution in [0.15, 0.2) is 0 Å². The van der Waals surface area contributed by atoms with Crippen LogP contribution in [0.1, 0.15) is 39.5 Å². The fraction of sp³-hybridized carbons (Fsp3) is 1.00. The normalized spacial score (nSPS) is 37.5. The molecule has 0 aromatic rings. The minimum Gasteiger partial charge on any atom is -0.311 e. The van der Waals surface area contributed by atoms with E-state index in [4.69, 9.17) is 0 Å². The number of nitrogens with zero attached hydrogens (tertiary/aromatic N) is 1. The molecule has 16 heavy (non-hydrogen) atoms. The smallest absolute Gasteiger partial charge is 0.0196 e. The second kappa shape index (κ2) is 6.27. The molecule has 0 aliphatic carbocycles. The van der Waals surface area contributed by atoms with Crippen LogP contribution in [0.2, 0.25) is 0 Å². The fourth-order valence-electron chi connectivity index (χ4n) is 2.99. The van der Waals surface area contributed by atoms with Crippen molar-refractivity contribution in [3.63, 3.8) is 0 Å². The Balaban J connectivity index is 1.89. The lowest BCUT2D eigenvalue weighted by molar-refractivity contribution is 0.0922. The van der Waals surface area contributed by atoms with E-state index in [1.54, 1.807) is 0 Å². The Morgan fingerprint density at radius 1 is 1.44 bits per heavy atom. The standard InChI is InChI=1S/C13H26N2S/c1-3-5-12-9-15(11(2)8-14-12)13-6-4-7-16-10-13/h11-14H,3-10H2,1-2H3. The molecule has 3 unspecified atom stereocenters. The van der Waals surface area contributed by atoms with Crippen molar-refractivity contribution in [3.05, 3.63) is 0 Å². The second-order valence-corrected chi connectivity index (χ2v) is 6.46. The van der Waals surface area contributed by atoms with E-state index < -0.39 is 0 Å². The lowest BCUT2D eigenvalue weighted by Gasteiger charge is -2.44. The van der Waals surface area contributed by atoms with Crippen molar-refractivity contribution in [2.45, 2.75) is 57.7 Å². The molecular formula is C13H26N2S. The summed E-state index contributed by atoms with van der Waals surface area (Å²) in [7, 11) is 0. The van der Waals surface area contributed by atoms with E-state index >= 15 is 0 Å². The van der Waals surface area contributed by atoms with Gasteiger partial charge in [-0.15, -0.1) is 0 Å². The van der Waals surface area contributed by atoms with Gasteiger partial charge in [0, 0.05) is 37.0 Å². The molecule has 0 aromatic heterocycles. The van der Waals surface area contributed by atoms with Crippen LogP contribution >= 0.6 is 11.8 Å². The first kappa shape index (κ1) is 12.7. The number of thioether (sulfide) groups is 1. The zero-order valence-corrected chi connectivity index (χ0v) is 11.6. The number of rotatable bonds is 3. The van der Waals surface area contributed by atoms with Crippen molar-refractivity contribution < 1.29 is 0 Å². The summed E-state index contributed by atoms with van der Waals surface area (Å²) < 4.78 is 0. The summed E-state index contributed by atoms with van der Waals surface area (Å²) in [4.78, 5) is 2.78. The minimum atomic E-state index is 0.733. The lowest BCUT2D eigenvalue weighted by atomic mass is 10.0. The zero-order chi connectivity index (χ0) is 11.4. The van der Waals surface area contributed by atoms with E-state index in [9.17, 15) is 0 Å². The number of hydrogen-bond acceptors (Lipinski definition) is 3. The first-order valence-electron chi connectivity index (χ1n) is 6.88. The van der Waals surface area contributed by atoms with Gasteiger partial charge in [0.05, 0.1) is 0 Å². The SMILES string of the molecule is CCCC1CN(C2CCCSC2)C(C)CN1. The van der Waals surface area contributed by atoms with Crippen LogP contribution in [0.25, 0.3) is 0 Å². The van der Waals surface area contributed by atoms with E-state index in [2.05, 4.69) is 35.8 Å². The monoisotopic (exact) mass is 242 g/mol. The van der Waals surface area contributed by atoms with E-state index in [0.29, 0.717) is 0 Å². The van der Waals surface area contributed by atoms with Gasteiger partial charge in [-0.25, -0.2) is 0 Å². The van der Waals surface area contributed by atoms with Crippen molar-refractivity contribution >= 4 is 11.8 Å². The summed E-state index contributed by atoms with van der Waals surface area (Å²) in [6.07, 6.45) is 5.49. The van der Waals surface area contributed by atoms with Crippen LogP contribution in [-0.2, 0) is 0 Å². The molecule has 94 valence electrons. The third-order valence-corrected chi connectivity index (χ3v) is 5.14. The Morgan fingerprint density at radius 2 is 2.31 bits per heavy atom. The van der Waals surface area contributed by atoms with Crippen molar-refractivity contribution in [3.8, 4) is 0 Å². The maximum absolute atomic E-state index is 3.69. The van der Waals surface area contributed by atoms with Crippen LogP contribution in [0, 0.1) is 0 Å². The zero-order valence-electron chi connectivity index (χ0n) is 10.7. The highest BCUT2D eigenvalue weighted by molar-refractivity contribution is 7.99. The maximum Gasteiger partial charge on any atom is 0.0196 e. The molecule has 0 bridgehead atoms. The van der Waals surface area contributed by atoms with E-state index in [-0.39, 0.29) is 0 Å². The molecule has 0 saturated carbocycles. The molecule has 0 amide bonds. The quantitative estimate of drug-likeness (QED) is 0.818. The molecular weight excluding hydrogens is 216 g/mol. The van der Waals surface area contributed by atoms with Crippen molar-refractivity contribution in [2.75, 3.05) is 24.6 Å². The molecule has 2 aliphatic rings. The first-order chi connectivity index (χ1) is 7.81. The van der Waals surface area contributed by atoms with Gasteiger partial charge in [0.1, 0.15) is 0 Å². The van der Waals surface area contributed by atoms with Crippen molar-refractivity contribution in [2.24, 2.45) is 0 Å². The first-order valence-corrected chi connectivity index (χ1v) is 8.03. The molecule has 2 aliphatic heterocycles. The van der Waals surface area contributed by atoms with Crippen LogP contribution < -0.4 is 5.32 Å².